The van der Waals surface area contributed by atoms with Crippen molar-refractivity contribution in [2.75, 3.05) is 30.7 Å². The summed E-state index contributed by atoms with van der Waals surface area (Å²) in [6.45, 7) is 2.52. The lowest BCUT2D eigenvalue weighted by atomic mass is 10.3. The molecular formula is C14H22N2O3S. The average Bonchev–Trinajstić information content (AvgIpc) is 2.41. The number of sulfonamides is 1. The molecule has 0 saturated heterocycles. The Balaban J connectivity index is 2.85. The number of unbranched alkanes of at least 4 members (excludes halogenated alkanes) is 1. The molecule has 0 heterocycles. The van der Waals surface area contributed by atoms with Gasteiger partial charge in [-0.15, -0.1) is 0 Å². The molecule has 1 aromatic carbocycles. The van der Waals surface area contributed by atoms with E-state index in [2.05, 4.69) is 0 Å². The molecule has 1 amide bonds. The van der Waals surface area contributed by atoms with Crippen molar-refractivity contribution in [3.05, 3.63) is 30.3 Å². The highest BCUT2D eigenvalue weighted by atomic mass is 32.2. The first-order valence-electron chi connectivity index (χ1n) is 6.63. The zero-order valence-electron chi connectivity index (χ0n) is 12.2. The number of carbonyl (C=O) groups is 1. The third-order valence-corrected chi connectivity index (χ3v) is 4.14. The summed E-state index contributed by atoms with van der Waals surface area (Å²) in [6.07, 6.45) is 3.01. The summed E-state index contributed by atoms with van der Waals surface area (Å²) in [5.41, 5.74) is 0.507. The Labute approximate surface area is 121 Å². The maximum atomic E-state index is 12.1. The first-order chi connectivity index (χ1) is 9.36. The highest BCUT2D eigenvalue weighted by molar-refractivity contribution is 7.92. The van der Waals surface area contributed by atoms with E-state index >= 15 is 0 Å². The maximum Gasteiger partial charge on any atom is 0.243 e. The van der Waals surface area contributed by atoms with E-state index in [0.717, 1.165) is 23.4 Å². The van der Waals surface area contributed by atoms with Gasteiger partial charge in [-0.1, -0.05) is 31.5 Å². The van der Waals surface area contributed by atoms with Crippen LogP contribution in [0, 0.1) is 0 Å². The second-order valence-corrected chi connectivity index (χ2v) is 6.68. The molecule has 0 spiro atoms. The van der Waals surface area contributed by atoms with Crippen molar-refractivity contribution in [1.82, 2.24) is 4.90 Å². The molecule has 1 rings (SSSR count). The number of amides is 1. The lowest BCUT2D eigenvalue weighted by Gasteiger charge is -2.25. The molecule has 0 unspecified atom stereocenters. The van der Waals surface area contributed by atoms with Crippen molar-refractivity contribution in [1.29, 1.82) is 0 Å². The predicted molar refractivity (Wildman–Crippen MR) is 81.2 cm³/mol. The smallest absolute Gasteiger partial charge is 0.243 e. The van der Waals surface area contributed by atoms with Crippen molar-refractivity contribution in [3.63, 3.8) is 0 Å². The van der Waals surface area contributed by atoms with Crippen LogP contribution in [-0.2, 0) is 14.8 Å². The lowest BCUT2D eigenvalue weighted by molar-refractivity contribution is -0.128. The van der Waals surface area contributed by atoms with Crippen molar-refractivity contribution in [2.45, 2.75) is 19.8 Å². The molecule has 0 aromatic heterocycles. The largest absolute Gasteiger partial charge is 0.344 e. The normalized spacial score (nSPS) is 11.2. The van der Waals surface area contributed by atoms with Crippen molar-refractivity contribution in [3.8, 4) is 0 Å². The summed E-state index contributed by atoms with van der Waals surface area (Å²) in [7, 11) is -1.78. The standard InChI is InChI=1S/C14H22N2O3S/c1-4-5-11-15(2)14(17)12-16(20(3,18)19)13-9-7-6-8-10-13/h6-10H,4-5,11-12H2,1-3H3. The van der Waals surface area contributed by atoms with Crippen LogP contribution in [0.5, 0.6) is 0 Å². The van der Waals surface area contributed by atoms with E-state index in [1.807, 2.05) is 6.92 Å². The van der Waals surface area contributed by atoms with Crippen LogP contribution in [0.3, 0.4) is 0 Å². The number of nitrogens with zero attached hydrogens (tertiary/aromatic N) is 2. The van der Waals surface area contributed by atoms with Gasteiger partial charge in [-0.2, -0.15) is 0 Å². The number of benzene rings is 1. The molecule has 0 aliphatic rings. The van der Waals surface area contributed by atoms with Crippen LogP contribution >= 0.6 is 0 Å². The van der Waals surface area contributed by atoms with Gasteiger partial charge in [-0.05, 0) is 18.6 Å². The quantitative estimate of drug-likeness (QED) is 0.770. The van der Waals surface area contributed by atoms with Crippen molar-refractivity contribution >= 4 is 21.6 Å². The van der Waals surface area contributed by atoms with E-state index in [1.165, 1.54) is 0 Å². The zero-order valence-corrected chi connectivity index (χ0v) is 13.1. The summed E-state index contributed by atoms with van der Waals surface area (Å²) in [5, 5.41) is 0. The number of para-hydroxylation sites is 1. The molecule has 0 radical (unpaired) electrons. The van der Waals surface area contributed by atoms with E-state index in [1.54, 1.807) is 42.3 Å². The van der Waals surface area contributed by atoms with Crippen molar-refractivity contribution < 1.29 is 13.2 Å². The minimum absolute atomic E-state index is 0.164. The third-order valence-electron chi connectivity index (χ3n) is 3.00. The van der Waals surface area contributed by atoms with E-state index < -0.39 is 10.0 Å². The van der Waals surface area contributed by atoms with Gasteiger partial charge in [0, 0.05) is 13.6 Å². The Morgan fingerprint density at radius 1 is 1.20 bits per heavy atom. The molecule has 0 aliphatic heterocycles. The molecule has 0 aliphatic carbocycles. The first-order valence-corrected chi connectivity index (χ1v) is 8.47. The molecule has 0 fully saturated rings. The van der Waals surface area contributed by atoms with Crippen LogP contribution in [0.15, 0.2) is 30.3 Å². The van der Waals surface area contributed by atoms with Crippen LogP contribution in [0.2, 0.25) is 0 Å². The molecule has 0 atom stereocenters. The summed E-state index contributed by atoms with van der Waals surface area (Å²) in [4.78, 5) is 13.7. The van der Waals surface area contributed by atoms with Gasteiger partial charge in [0.05, 0.1) is 11.9 Å². The van der Waals surface area contributed by atoms with Gasteiger partial charge in [0.25, 0.3) is 0 Å². The van der Waals surface area contributed by atoms with E-state index in [4.69, 9.17) is 0 Å². The van der Waals surface area contributed by atoms with E-state index in [0.29, 0.717) is 12.2 Å². The summed E-state index contributed by atoms with van der Waals surface area (Å²) < 4.78 is 24.9. The topological polar surface area (TPSA) is 57.7 Å². The first kappa shape index (κ1) is 16.5. The molecule has 6 heteroatoms. The number of rotatable bonds is 7. The van der Waals surface area contributed by atoms with Gasteiger partial charge in [0.1, 0.15) is 6.54 Å². The van der Waals surface area contributed by atoms with Crippen LogP contribution in [-0.4, -0.2) is 45.6 Å². The Kier molecular flexibility index (Phi) is 6.01. The Bertz CT molecular complexity index is 529. The number of hydrogen-bond donors (Lipinski definition) is 0. The highest BCUT2D eigenvalue weighted by Gasteiger charge is 2.22. The van der Waals surface area contributed by atoms with Gasteiger partial charge >= 0.3 is 0 Å². The fourth-order valence-corrected chi connectivity index (χ4v) is 2.61. The number of anilines is 1. The molecule has 5 nitrogen and oxygen atoms in total. The summed E-state index contributed by atoms with van der Waals surface area (Å²) in [5.74, 6) is -0.201. The van der Waals surface area contributed by atoms with Gasteiger partial charge in [0.2, 0.25) is 15.9 Å². The van der Waals surface area contributed by atoms with Gasteiger partial charge in [-0.25, -0.2) is 8.42 Å². The Morgan fingerprint density at radius 2 is 1.80 bits per heavy atom. The molecule has 0 N–H and O–H groups in total. The Hall–Kier alpha value is -1.56. The second kappa shape index (κ2) is 7.28. The zero-order chi connectivity index (χ0) is 15.2. The average molecular weight is 298 g/mol. The van der Waals surface area contributed by atoms with Crippen LogP contribution < -0.4 is 4.31 Å². The maximum absolute atomic E-state index is 12.1. The van der Waals surface area contributed by atoms with Gasteiger partial charge in [-0.3, -0.25) is 9.10 Å². The molecular weight excluding hydrogens is 276 g/mol. The minimum Gasteiger partial charge on any atom is -0.344 e. The fourth-order valence-electron chi connectivity index (χ4n) is 1.76. The van der Waals surface area contributed by atoms with Crippen molar-refractivity contribution in [2.24, 2.45) is 0 Å². The minimum atomic E-state index is -3.48. The van der Waals surface area contributed by atoms with E-state index in [9.17, 15) is 13.2 Å². The lowest BCUT2D eigenvalue weighted by Crippen LogP contribution is -2.41. The summed E-state index contributed by atoms with van der Waals surface area (Å²) >= 11 is 0. The SMILES string of the molecule is CCCCN(C)C(=O)CN(c1ccccc1)S(C)(=O)=O. The molecule has 1 aromatic rings. The predicted octanol–water partition coefficient (Wildman–Crippen LogP) is 1.71. The van der Waals surface area contributed by atoms with Gasteiger partial charge in [0.15, 0.2) is 0 Å². The van der Waals surface area contributed by atoms with Crippen LogP contribution in [0.1, 0.15) is 19.8 Å². The van der Waals surface area contributed by atoms with Crippen LogP contribution in [0.4, 0.5) is 5.69 Å². The molecule has 0 bridgehead atoms. The number of hydrogen-bond acceptors (Lipinski definition) is 3. The fraction of sp³-hybridized carbons (Fsp3) is 0.500. The third kappa shape index (κ3) is 4.85. The van der Waals surface area contributed by atoms with Gasteiger partial charge < -0.3 is 4.90 Å². The summed E-state index contributed by atoms with van der Waals surface area (Å²) in [6, 6.07) is 8.66. The monoisotopic (exact) mass is 298 g/mol. The van der Waals surface area contributed by atoms with E-state index in [-0.39, 0.29) is 12.5 Å². The Morgan fingerprint density at radius 3 is 2.30 bits per heavy atom. The highest BCUT2D eigenvalue weighted by Crippen LogP contribution is 2.16. The molecule has 0 saturated carbocycles. The molecule has 112 valence electrons. The number of carbonyl (C=O) groups excluding carboxylic acids is 1. The molecule has 20 heavy (non-hydrogen) atoms. The van der Waals surface area contributed by atoms with Crippen LogP contribution in [0.25, 0.3) is 0 Å². The second-order valence-electron chi connectivity index (χ2n) is 4.77. The number of likely N-dealkylation sites (N-methyl/N-ethyl adjacent to an activating group) is 1.